The lowest BCUT2D eigenvalue weighted by Crippen LogP contribution is -2.16. The normalized spacial score (nSPS) is 12.7. The predicted molar refractivity (Wildman–Crippen MR) is 90.7 cm³/mol. The zero-order valence-corrected chi connectivity index (χ0v) is 13.5. The van der Waals surface area contributed by atoms with Crippen molar-refractivity contribution in [1.82, 2.24) is 5.32 Å². The van der Waals surface area contributed by atoms with Gasteiger partial charge in [0.25, 0.3) is 0 Å². The van der Waals surface area contributed by atoms with Crippen molar-refractivity contribution in [3.63, 3.8) is 0 Å². The number of furan rings is 1. The van der Waals surface area contributed by atoms with E-state index >= 15 is 0 Å². The molecule has 0 spiro atoms. The molecule has 124 valence electrons. The van der Waals surface area contributed by atoms with Crippen LogP contribution in [0.2, 0.25) is 0 Å². The van der Waals surface area contributed by atoms with Crippen LogP contribution in [0.1, 0.15) is 11.3 Å². The Morgan fingerprint density at radius 1 is 1.08 bits per heavy atom. The summed E-state index contributed by atoms with van der Waals surface area (Å²) in [6.45, 7) is 1.85. The fraction of sp³-hybridized carbons (Fsp3) is 0.263. The van der Waals surface area contributed by atoms with Crippen molar-refractivity contribution in [2.24, 2.45) is 0 Å². The van der Waals surface area contributed by atoms with Gasteiger partial charge in [-0.3, -0.25) is 0 Å². The maximum absolute atomic E-state index is 5.88. The first kappa shape index (κ1) is 14.9. The molecule has 24 heavy (non-hydrogen) atoms. The van der Waals surface area contributed by atoms with Crippen LogP contribution in [0, 0.1) is 0 Å². The summed E-state index contributed by atoms with van der Waals surface area (Å²) in [5.74, 6) is 3.32. The van der Waals surface area contributed by atoms with E-state index in [1.165, 1.54) is 5.56 Å². The van der Waals surface area contributed by atoms with Gasteiger partial charge in [-0.05, 0) is 42.8 Å². The van der Waals surface area contributed by atoms with E-state index in [2.05, 4.69) is 11.4 Å². The molecule has 0 saturated heterocycles. The summed E-state index contributed by atoms with van der Waals surface area (Å²) in [6.07, 6.45) is 0.917. The third kappa shape index (κ3) is 2.90. The molecular weight excluding hydrogens is 306 g/mol. The van der Waals surface area contributed by atoms with Crippen molar-refractivity contribution in [1.29, 1.82) is 0 Å². The second-order valence-corrected chi connectivity index (χ2v) is 5.71. The molecule has 5 nitrogen and oxygen atoms in total. The van der Waals surface area contributed by atoms with Crippen molar-refractivity contribution >= 4 is 11.0 Å². The highest BCUT2D eigenvalue weighted by Crippen LogP contribution is 2.32. The highest BCUT2D eigenvalue weighted by atomic mass is 16.7. The van der Waals surface area contributed by atoms with Crippen LogP contribution in [0.15, 0.2) is 46.9 Å². The number of rotatable bonds is 6. The van der Waals surface area contributed by atoms with Gasteiger partial charge in [0.05, 0.1) is 13.7 Å². The summed E-state index contributed by atoms with van der Waals surface area (Å²) >= 11 is 0. The molecule has 5 heteroatoms. The monoisotopic (exact) mass is 325 g/mol. The lowest BCUT2D eigenvalue weighted by molar-refractivity contribution is 0.174. The standard InChI is InChI=1S/C19H19NO4/c1-21-17-4-2-3-14-10-15(24-19(14)17)11-20-8-7-13-5-6-16-18(9-13)23-12-22-16/h2-6,9-10,20H,7-8,11-12H2,1H3. The summed E-state index contributed by atoms with van der Waals surface area (Å²) in [5.41, 5.74) is 2.02. The quantitative estimate of drug-likeness (QED) is 0.703. The maximum Gasteiger partial charge on any atom is 0.231 e. The van der Waals surface area contributed by atoms with Crippen LogP contribution in [0.5, 0.6) is 17.2 Å². The Morgan fingerprint density at radius 2 is 2.00 bits per heavy atom. The fourth-order valence-corrected chi connectivity index (χ4v) is 2.88. The van der Waals surface area contributed by atoms with E-state index < -0.39 is 0 Å². The molecule has 0 radical (unpaired) electrons. The molecular formula is C19H19NO4. The van der Waals surface area contributed by atoms with Gasteiger partial charge in [-0.25, -0.2) is 0 Å². The van der Waals surface area contributed by atoms with Crippen molar-refractivity contribution < 1.29 is 18.6 Å². The van der Waals surface area contributed by atoms with Crippen LogP contribution in [0.25, 0.3) is 11.0 Å². The molecule has 0 amide bonds. The Morgan fingerprint density at radius 3 is 2.92 bits per heavy atom. The van der Waals surface area contributed by atoms with Crippen LogP contribution < -0.4 is 19.5 Å². The van der Waals surface area contributed by atoms with Crippen molar-refractivity contribution in [3.8, 4) is 17.2 Å². The lowest BCUT2D eigenvalue weighted by Gasteiger charge is -2.04. The highest BCUT2D eigenvalue weighted by Gasteiger charge is 2.13. The van der Waals surface area contributed by atoms with Gasteiger partial charge in [-0.2, -0.15) is 0 Å². The minimum Gasteiger partial charge on any atom is -0.493 e. The Hall–Kier alpha value is -2.66. The second-order valence-electron chi connectivity index (χ2n) is 5.71. The number of para-hydroxylation sites is 1. The number of ether oxygens (including phenoxy) is 3. The minimum atomic E-state index is 0.312. The number of hydrogen-bond acceptors (Lipinski definition) is 5. The number of nitrogens with one attached hydrogen (secondary N) is 1. The first-order valence-electron chi connectivity index (χ1n) is 7.98. The molecule has 0 saturated carbocycles. The molecule has 0 unspecified atom stereocenters. The summed E-state index contributed by atoms with van der Waals surface area (Å²) in [7, 11) is 1.65. The third-order valence-corrected chi connectivity index (χ3v) is 4.11. The molecule has 0 atom stereocenters. The van der Waals surface area contributed by atoms with E-state index in [4.69, 9.17) is 18.6 Å². The van der Waals surface area contributed by atoms with Crippen LogP contribution in [0.4, 0.5) is 0 Å². The zero-order chi connectivity index (χ0) is 16.4. The molecule has 1 aromatic heterocycles. The molecule has 3 aromatic rings. The topological polar surface area (TPSA) is 52.9 Å². The third-order valence-electron chi connectivity index (χ3n) is 4.11. The van der Waals surface area contributed by atoms with Crippen molar-refractivity contribution in [3.05, 3.63) is 53.8 Å². The molecule has 1 N–H and O–H groups in total. The SMILES string of the molecule is COc1cccc2cc(CNCCc3ccc4c(c3)OCO4)oc12. The predicted octanol–water partition coefficient (Wildman–Crippen LogP) is 3.50. The summed E-state index contributed by atoms with van der Waals surface area (Å²) in [6, 6.07) is 14.0. The van der Waals surface area contributed by atoms with Crippen molar-refractivity contribution in [2.75, 3.05) is 20.4 Å². The lowest BCUT2D eigenvalue weighted by atomic mass is 10.1. The first-order chi connectivity index (χ1) is 11.8. The van der Waals surface area contributed by atoms with Gasteiger partial charge in [-0.15, -0.1) is 0 Å². The van der Waals surface area contributed by atoms with Gasteiger partial charge in [0.1, 0.15) is 5.76 Å². The van der Waals surface area contributed by atoms with Gasteiger partial charge in [0, 0.05) is 5.39 Å². The molecule has 2 heterocycles. The number of methoxy groups -OCH3 is 1. The summed E-state index contributed by atoms with van der Waals surface area (Å²) in [4.78, 5) is 0. The largest absolute Gasteiger partial charge is 0.493 e. The van der Waals surface area contributed by atoms with Crippen LogP contribution in [-0.2, 0) is 13.0 Å². The number of benzene rings is 2. The Labute approximate surface area is 140 Å². The van der Waals surface area contributed by atoms with Crippen LogP contribution >= 0.6 is 0 Å². The second kappa shape index (κ2) is 6.45. The summed E-state index contributed by atoms with van der Waals surface area (Å²) in [5, 5.41) is 4.47. The number of hydrogen-bond donors (Lipinski definition) is 1. The molecule has 0 aliphatic carbocycles. The van der Waals surface area contributed by atoms with E-state index in [0.717, 1.165) is 46.9 Å². The van der Waals surface area contributed by atoms with Gasteiger partial charge in [0.2, 0.25) is 6.79 Å². The van der Waals surface area contributed by atoms with E-state index in [-0.39, 0.29) is 0 Å². The number of fused-ring (bicyclic) bond motifs is 2. The van der Waals surface area contributed by atoms with Crippen molar-refractivity contribution in [2.45, 2.75) is 13.0 Å². The van der Waals surface area contributed by atoms with Gasteiger partial charge < -0.3 is 23.9 Å². The Bertz CT molecular complexity index is 856. The molecule has 0 fully saturated rings. The minimum absolute atomic E-state index is 0.312. The van der Waals surface area contributed by atoms with Crippen LogP contribution in [0.3, 0.4) is 0 Å². The van der Waals surface area contributed by atoms with E-state index in [1.807, 2.05) is 36.4 Å². The summed E-state index contributed by atoms with van der Waals surface area (Å²) < 4.78 is 21.9. The first-order valence-corrected chi connectivity index (χ1v) is 7.98. The van der Waals surface area contributed by atoms with Gasteiger partial charge in [-0.1, -0.05) is 18.2 Å². The Balaban J connectivity index is 1.34. The fourth-order valence-electron chi connectivity index (χ4n) is 2.88. The molecule has 1 aliphatic rings. The van der Waals surface area contributed by atoms with E-state index in [9.17, 15) is 0 Å². The van der Waals surface area contributed by atoms with E-state index in [0.29, 0.717) is 13.3 Å². The smallest absolute Gasteiger partial charge is 0.231 e. The average molecular weight is 325 g/mol. The van der Waals surface area contributed by atoms with E-state index in [1.54, 1.807) is 7.11 Å². The molecule has 4 rings (SSSR count). The molecule has 0 bridgehead atoms. The van der Waals surface area contributed by atoms with Gasteiger partial charge >= 0.3 is 0 Å². The zero-order valence-electron chi connectivity index (χ0n) is 13.5. The van der Waals surface area contributed by atoms with Gasteiger partial charge in [0.15, 0.2) is 22.8 Å². The molecule has 2 aromatic carbocycles. The maximum atomic E-state index is 5.88. The molecule has 1 aliphatic heterocycles. The highest BCUT2D eigenvalue weighted by molar-refractivity contribution is 5.83. The Kier molecular flexibility index (Phi) is 4.01. The average Bonchev–Trinajstić information content (AvgIpc) is 3.24. The van der Waals surface area contributed by atoms with Crippen LogP contribution in [-0.4, -0.2) is 20.4 Å².